The molecule has 0 saturated heterocycles. The molecule has 2 heterocycles. The van der Waals surface area contributed by atoms with Gasteiger partial charge in [0.15, 0.2) is 0 Å². The van der Waals surface area contributed by atoms with Crippen LogP contribution in [0.15, 0.2) is 59.3 Å². The highest BCUT2D eigenvalue weighted by Crippen LogP contribution is 2.28. The van der Waals surface area contributed by atoms with Crippen LogP contribution in [0.2, 0.25) is 0 Å². The second-order valence-electron chi connectivity index (χ2n) is 6.43. The van der Waals surface area contributed by atoms with Crippen molar-refractivity contribution in [2.75, 3.05) is 17.7 Å². The lowest BCUT2D eigenvalue weighted by molar-refractivity contribution is 0.587. The Morgan fingerprint density at radius 3 is 2.77 bits per heavy atom. The van der Waals surface area contributed by atoms with E-state index in [0.29, 0.717) is 27.5 Å². The number of aromatic amines is 1. The molecule has 0 aliphatic rings. The second kappa shape index (κ2) is 8.38. The summed E-state index contributed by atoms with van der Waals surface area (Å²) in [6.45, 7) is 0. The van der Waals surface area contributed by atoms with Gasteiger partial charge in [0.2, 0.25) is 16.0 Å². The molecule has 154 valence electrons. The fraction of sp³-hybridized carbons (Fsp3) is 0.105. The van der Waals surface area contributed by atoms with E-state index in [1.54, 1.807) is 30.6 Å². The van der Waals surface area contributed by atoms with Gasteiger partial charge in [0.25, 0.3) is 0 Å². The zero-order chi connectivity index (χ0) is 21.1. The number of benzene rings is 2. The van der Waals surface area contributed by atoms with E-state index in [0.717, 1.165) is 16.6 Å². The van der Waals surface area contributed by atoms with E-state index in [-0.39, 0.29) is 5.75 Å². The van der Waals surface area contributed by atoms with Crippen molar-refractivity contribution in [3.05, 3.63) is 64.9 Å². The van der Waals surface area contributed by atoms with E-state index >= 15 is 0 Å². The summed E-state index contributed by atoms with van der Waals surface area (Å²) in [7, 11) is -2.02. The van der Waals surface area contributed by atoms with Crippen LogP contribution in [0.5, 0.6) is 0 Å². The van der Waals surface area contributed by atoms with Crippen LogP contribution in [-0.2, 0) is 15.8 Å². The molecule has 0 saturated carbocycles. The summed E-state index contributed by atoms with van der Waals surface area (Å²) >= 11 is 3.44. The first-order chi connectivity index (χ1) is 14.4. The van der Waals surface area contributed by atoms with Crippen molar-refractivity contribution in [2.45, 2.75) is 5.75 Å². The van der Waals surface area contributed by atoms with Crippen molar-refractivity contribution in [3.8, 4) is 0 Å². The Hall–Kier alpha value is -3.02. The van der Waals surface area contributed by atoms with Gasteiger partial charge in [-0.25, -0.2) is 18.1 Å². The maximum absolute atomic E-state index is 12.0. The highest BCUT2D eigenvalue weighted by atomic mass is 79.9. The van der Waals surface area contributed by atoms with Crippen LogP contribution in [-0.4, -0.2) is 35.6 Å². The first-order valence-electron chi connectivity index (χ1n) is 8.92. The van der Waals surface area contributed by atoms with Gasteiger partial charge in [0.1, 0.15) is 5.82 Å². The minimum absolute atomic E-state index is 0.148. The average molecular weight is 488 g/mol. The first-order valence-corrected chi connectivity index (χ1v) is 11.4. The molecule has 0 atom stereocenters. The fourth-order valence-electron chi connectivity index (χ4n) is 2.83. The molecule has 2 aromatic heterocycles. The molecule has 0 unspecified atom stereocenters. The molecule has 11 heteroatoms. The van der Waals surface area contributed by atoms with Gasteiger partial charge < -0.3 is 10.6 Å². The number of fused-ring (bicyclic) bond motifs is 1. The van der Waals surface area contributed by atoms with Gasteiger partial charge in [-0.2, -0.15) is 10.1 Å². The molecule has 4 N–H and O–H groups in total. The predicted octanol–water partition coefficient (Wildman–Crippen LogP) is 3.65. The Labute approximate surface area is 181 Å². The number of H-pyrrole nitrogens is 1. The molecule has 0 aliphatic carbocycles. The van der Waals surface area contributed by atoms with Crippen LogP contribution in [0, 0.1) is 0 Å². The molecule has 30 heavy (non-hydrogen) atoms. The zero-order valence-corrected chi connectivity index (χ0v) is 18.3. The van der Waals surface area contributed by atoms with Crippen molar-refractivity contribution in [2.24, 2.45) is 0 Å². The summed E-state index contributed by atoms with van der Waals surface area (Å²) in [5, 5.41) is 14.3. The van der Waals surface area contributed by atoms with E-state index in [9.17, 15) is 8.42 Å². The van der Waals surface area contributed by atoms with Crippen LogP contribution in [0.3, 0.4) is 0 Å². The number of halogens is 1. The molecule has 4 rings (SSSR count). The molecule has 2 aromatic carbocycles. The van der Waals surface area contributed by atoms with Gasteiger partial charge in [-0.3, -0.25) is 5.10 Å². The number of aromatic nitrogens is 4. The molecular weight excluding hydrogens is 470 g/mol. The Kier molecular flexibility index (Phi) is 5.66. The minimum atomic E-state index is -3.41. The van der Waals surface area contributed by atoms with E-state index < -0.39 is 10.0 Å². The average Bonchev–Trinajstić information content (AvgIpc) is 3.19. The topological polar surface area (TPSA) is 125 Å². The van der Waals surface area contributed by atoms with E-state index in [2.05, 4.69) is 51.5 Å². The summed E-state index contributed by atoms with van der Waals surface area (Å²) in [5.74, 6) is 0.745. The normalized spacial score (nSPS) is 11.5. The minimum Gasteiger partial charge on any atom is -0.339 e. The van der Waals surface area contributed by atoms with Crippen molar-refractivity contribution in [3.63, 3.8) is 0 Å². The number of rotatable bonds is 7. The lowest BCUT2D eigenvalue weighted by atomic mass is 10.2. The Morgan fingerprint density at radius 1 is 1.10 bits per heavy atom. The third kappa shape index (κ3) is 4.58. The SMILES string of the molecule is CNS(=O)(=O)Cc1ccccc1Nc1nc(Nc2ccc3cn[nH]c3c2)ncc1Br. The monoisotopic (exact) mass is 487 g/mol. The summed E-state index contributed by atoms with van der Waals surface area (Å²) in [5.41, 5.74) is 2.97. The highest BCUT2D eigenvalue weighted by molar-refractivity contribution is 9.10. The molecular formula is C19H18BrN7O2S. The number of hydrogen-bond donors (Lipinski definition) is 4. The molecule has 0 bridgehead atoms. The predicted molar refractivity (Wildman–Crippen MR) is 121 cm³/mol. The largest absolute Gasteiger partial charge is 0.339 e. The van der Waals surface area contributed by atoms with Crippen LogP contribution in [0.4, 0.5) is 23.1 Å². The summed E-state index contributed by atoms with van der Waals surface area (Å²) in [6, 6.07) is 12.9. The summed E-state index contributed by atoms with van der Waals surface area (Å²) in [4.78, 5) is 8.82. The fourth-order valence-corrected chi connectivity index (χ4v) is 3.93. The van der Waals surface area contributed by atoms with Crippen LogP contribution >= 0.6 is 15.9 Å². The van der Waals surface area contributed by atoms with E-state index in [1.165, 1.54) is 7.05 Å². The van der Waals surface area contributed by atoms with Gasteiger partial charge in [-0.05, 0) is 52.8 Å². The quantitative estimate of drug-likeness (QED) is 0.313. The van der Waals surface area contributed by atoms with Crippen LogP contribution in [0.25, 0.3) is 10.9 Å². The lowest BCUT2D eigenvalue weighted by Crippen LogP contribution is -2.20. The van der Waals surface area contributed by atoms with Gasteiger partial charge in [0.05, 0.1) is 21.9 Å². The lowest BCUT2D eigenvalue weighted by Gasteiger charge is -2.14. The molecule has 0 fully saturated rings. The van der Waals surface area contributed by atoms with Gasteiger partial charge >= 0.3 is 0 Å². The number of anilines is 4. The smallest absolute Gasteiger partial charge is 0.229 e. The van der Waals surface area contributed by atoms with Crippen molar-refractivity contribution >= 4 is 60.0 Å². The van der Waals surface area contributed by atoms with Crippen molar-refractivity contribution in [1.82, 2.24) is 24.9 Å². The number of sulfonamides is 1. The number of para-hydroxylation sites is 1. The number of nitrogens with one attached hydrogen (secondary N) is 4. The van der Waals surface area contributed by atoms with Crippen LogP contribution in [0.1, 0.15) is 5.56 Å². The van der Waals surface area contributed by atoms with Crippen molar-refractivity contribution in [1.29, 1.82) is 0 Å². The first kappa shape index (κ1) is 20.3. The zero-order valence-electron chi connectivity index (χ0n) is 15.8. The summed E-state index contributed by atoms with van der Waals surface area (Å²) < 4.78 is 26.9. The second-order valence-corrected chi connectivity index (χ2v) is 9.21. The maximum atomic E-state index is 12.0. The molecule has 0 radical (unpaired) electrons. The Bertz CT molecular complexity index is 1310. The molecule has 9 nitrogen and oxygen atoms in total. The molecule has 0 amide bonds. The van der Waals surface area contributed by atoms with E-state index in [1.807, 2.05) is 24.3 Å². The summed E-state index contributed by atoms with van der Waals surface area (Å²) in [6.07, 6.45) is 3.38. The van der Waals surface area contributed by atoms with Gasteiger partial charge in [0, 0.05) is 23.0 Å². The number of nitrogens with zero attached hydrogens (tertiary/aromatic N) is 3. The third-order valence-corrected chi connectivity index (χ3v) is 6.26. The molecule has 0 spiro atoms. The Balaban J connectivity index is 1.60. The Morgan fingerprint density at radius 2 is 1.93 bits per heavy atom. The van der Waals surface area contributed by atoms with E-state index in [4.69, 9.17) is 0 Å². The third-order valence-electron chi connectivity index (χ3n) is 4.37. The van der Waals surface area contributed by atoms with Crippen molar-refractivity contribution < 1.29 is 8.42 Å². The number of hydrogen-bond acceptors (Lipinski definition) is 7. The highest BCUT2D eigenvalue weighted by Gasteiger charge is 2.14. The molecule has 4 aromatic rings. The van der Waals surface area contributed by atoms with Gasteiger partial charge in [-0.15, -0.1) is 0 Å². The van der Waals surface area contributed by atoms with Gasteiger partial charge in [-0.1, -0.05) is 18.2 Å². The van der Waals surface area contributed by atoms with Crippen LogP contribution < -0.4 is 15.4 Å². The maximum Gasteiger partial charge on any atom is 0.229 e. The molecule has 0 aliphatic heterocycles. The standard InChI is InChI=1S/C19H18BrN7O2S/c1-21-30(28,29)11-13-4-2-3-5-16(13)25-18-15(20)10-22-19(26-18)24-14-7-6-12-9-23-27-17(12)8-14/h2-10,21H,11H2,1H3,(H,23,27)(H2,22,24,25,26).